The Hall–Kier alpha value is -2.60. The van der Waals surface area contributed by atoms with Gasteiger partial charge < -0.3 is 20.7 Å². The van der Waals surface area contributed by atoms with E-state index in [4.69, 9.17) is 5.73 Å². The largest absolute Gasteiger partial charge is 0.393 e. The second-order valence-electron chi connectivity index (χ2n) is 11.0. The van der Waals surface area contributed by atoms with Crippen molar-refractivity contribution >= 4 is 17.4 Å². The molecule has 1 aromatic carbocycles. The second kappa shape index (κ2) is 8.32. The Kier molecular flexibility index (Phi) is 5.60. The molecule has 6 nitrogen and oxygen atoms in total. The standard InChI is InChI=1S/C27H35N3O3/c1-27(2)14-23-25(24(32)15-27)20-5-3-4-6-22(20)30(23)17-9-12-19(26(28)33)21(13-17)29-16-7-10-18(31)11-8-16/h9,12-13,16,18,29,31H,3-8,10-11,14-15H2,1-2H3,(H2,28,33)/t16-,18-. The molecule has 0 saturated heterocycles. The van der Waals surface area contributed by atoms with Gasteiger partial charge in [0.05, 0.1) is 11.7 Å². The van der Waals surface area contributed by atoms with E-state index in [-0.39, 0.29) is 23.3 Å². The second-order valence-corrected chi connectivity index (χ2v) is 11.0. The lowest BCUT2D eigenvalue weighted by Crippen LogP contribution is -2.29. The summed E-state index contributed by atoms with van der Waals surface area (Å²) in [5.74, 6) is -0.182. The zero-order valence-corrected chi connectivity index (χ0v) is 19.7. The quantitative estimate of drug-likeness (QED) is 0.647. The van der Waals surface area contributed by atoms with Gasteiger partial charge in [-0.1, -0.05) is 13.8 Å². The van der Waals surface area contributed by atoms with E-state index < -0.39 is 5.91 Å². The van der Waals surface area contributed by atoms with Gasteiger partial charge in [-0.05, 0) is 87.0 Å². The van der Waals surface area contributed by atoms with Crippen LogP contribution in [0.25, 0.3) is 5.69 Å². The van der Waals surface area contributed by atoms with E-state index >= 15 is 0 Å². The normalized spacial score (nSPS) is 24.2. The zero-order chi connectivity index (χ0) is 23.3. The minimum absolute atomic E-state index is 0.0695. The summed E-state index contributed by atoms with van der Waals surface area (Å²) < 4.78 is 2.31. The highest BCUT2D eigenvalue weighted by molar-refractivity contribution is 6.01. The molecule has 1 amide bonds. The van der Waals surface area contributed by atoms with E-state index in [9.17, 15) is 14.7 Å². The van der Waals surface area contributed by atoms with E-state index in [0.717, 1.165) is 80.4 Å². The number of anilines is 1. The lowest BCUT2D eigenvalue weighted by atomic mass is 9.75. The molecule has 5 rings (SSSR count). The highest BCUT2D eigenvalue weighted by Gasteiger charge is 2.38. The number of aliphatic hydroxyl groups is 1. The van der Waals surface area contributed by atoms with Crippen LogP contribution < -0.4 is 11.1 Å². The number of hydrogen-bond donors (Lipinski definition) is 3. The van der Waals surface area contributed by atoms with Crippen LogP contribution in [-0.2, 0) is 19.3 Å². The molecule has 1 saturated carbocycles. The molecule has 6 heteroatoms. The van der Waals surface area contributed by atoms with Gasteiger partial charge in [0.2, 0.25) is 0 Å². The van der Waals surface area contributed by atoms with Gasteiger partial charge in [0.15, 0.2) is 5.78 Å². The summed E-state index contributed by atoms with van der Waals surface area (Å²) in [7, 11) is 0. The first-order valence-corrected chi connectivity index (χ1v) is 12.4. The van der Waals surface area contributed by atoms with Crippen LogP contribution in [0.1, 0.15) is 96.5 Å². The molecule has 0 aliphatic heterocycles. The van der Waals surface area contributed by atoms with Crippen LogP contribution in [0.2, 0.25) is 0 Å². The number of amides is 1. The van der Waals surface area contributed by atoms with Crippen LogP contribution in [0.4, 0.5) is 5.69 Å². The van der Waals surface area contributed by atoms with Crippen LogP contribution in [0, 0.1) is 5.41 Å². The van der Waals surface area contributed by atoms with Gasteiger partial charge in [-0.3, -0.25) is 9.59 Å². The van der Waals surface area contributed by atoms with Crippen molar-refractivity contribution in [3.8, 4) is 5.69 Å². The monoisotopic (exact) mass is 449 g/mol. The number of rotatable bonds is 4. The number of primary amides is 1. The summed E-state index contributed by atoms with van der Waals surface area (Å²) in [4.78, 5) is 25.4. The number of aliphatic hydroxyl groups excluding tert-OH is 1. The van der Waals surface area contributed by atoms with Gasteiger partial charge in [-0.2, -0.15) is 0 Å². The van der Waals surface area contributed by atoms with Crippen LogP contribution in [0.3, 0.4) is 0 Å². The Labute approximate surface area is 195 Å². The third-order valence-corrected chi connectivity index (χ3v) is 7.72. The minimum Gasteiger partial charge on any atom is -0.393 e. The smallest absolute Gasteiger partial charge is 0.250 e. The van der Waals surface area contributed by atoms with Gasteiger partial charge in [0.1, 0.15) is 0 Å². The van der Waals surface area contributed by atoms with Gasteiger partial charge in [-0.25, -0.2) is 0 Å². The fraction of sp³-hybridized carbons (Fsp3) is 0.556. The first-order valence-electron chi connectivity index (χ1n) is 12.4. The molecular weight excluding hydrogens is 414 g/mol. The van der Waals surface area contributed by atoms with E-state index in [2.05, 4.69) is 23.7 Å². The number of ketones is 1. The molecule has 3 aliphatic rings. The number of nitrogens with two attached hydrogens (primary N) is 1. The molecule has 0 spiro atoms. The summed E-state index contributed by atoms with van der Waals surface area (Å²) in [6.07, 6.45) is 8.66. The highest BCUT2D eigenvalue weighted by Crippen LogP contribution is 2.42. The maximum absolute atomic E-state index is 13.2. The lowest BCUT2D eigenvalue weighted by Gasteiger charge is -2.30. The molecule has 33 heavy (non-hydrogen) atoms. The fourth-order valence-electron chi connectivity index (χ4n) is 6.15. The Morgan fingerprint density at radius 3 is 2.55 bits per heavy atom. The molecule has 3 aliphatic carbocycles. The number of benzene rings is 1. The molecule has 1 fully saturated rings. The minimum atomic E-state index is -0.451. The first-order chi connectivity index (χ1) is 15.7. The first kappa shape index (κ1) is 22.2. The summed E-state index contributed by atoms with van der Waals surface area (Å²) in [6, 6.07) is 6.02. The number of aromatic nitrogens is 1. The van der Waals surface area contributed by atoms with Crippen molar-refractivity contribution in [1.82, 2.24) is 4.57 Å². The molecule has 0 bridgehead atoms. The molecule has 2 aromatic rings. The summed E-state index contributed by atoms with van der Waals surface area (Å²) in [5, 5.41) is 13.4. The fourth-order valence-corrected chi connectivity index (χ4v) is 6.15. The van der Waals surface area contributed by atoms with Crippen LogP contribution in [-0.4, -0.2) is 33.5 Å². The van der Waals surface area contributed by atoms with E-state index in [1.54, 1.807) is 0 Å². The number of carbonyl (C=O) groups excluding carboxylic acids is 2. The Morgan fingerprint density at radius 2 is 1.82 bits per heavy atom. The van der Waals surface area contributed by atoms with E-state index in [1.807, 2.05) is 18.2 Å². The molecular formula is C27H35N3O3. The Balaban J connectivity index is 1.61. The van der Waals surface area contributed by atoms with Gasteiger partial charge >= 0.3 is 0 Å². The average Bonchev–Trinajstić information content (AvgIpc) is 3.08. The van der Waals surface area contributed by atoms with Crippen LogP contribution in [0.5, 0.6) is 0 Å². The van der Waals surface area contributed by atoms with Gasteiger partial charge in [-0.15, -0.1) is 0 Å². The number of nitrogens with one attached hydrogen (secondary N) is 1. The van der Waals surface area contributed by atoms with Crippen LogP contribution in [0.15, 0.2) is 18.2 Å². The van der Waals surface area contributed by atoms with Crippen molar-refractivity contribution in [1.29, 1.82) is 0 Å². The number of fused-ring (bicyclic) bond motifs is 3. The topological polar surface area (TPSA) is 97.4 Å². The SMILES string of the molecule is CC1(C)CC(=O)c2c3c(n(-c4ccc(C(N)=O)c(N[C@H]5CC[C@H](O)CC5)c4)c2C1)CCCC3. The molecule has 0 unspecified atom stereocenters. The molecule has 1 aromatic heterocycles. The number of nitrogens with zero attached hydrogens (tertiary/aromatic N) is 1. The predicted octanol–water partition coefficient (Wildman–Crippen LogP) is 4.33. The average molecular weight is 450 g/mol. The number of Topliss-reactive ketones (excluding diaryl/α,β-unsaturated/α-hetero) is 1. The third kappa shape index (κ3) is 4.10. The lowest BCUT2D eigenvalue weighted by molar-refractivity contribution is 0.0909. The Bertz CT molecular complexity index is 1110. The van der Waals surface area contributed by atoms with Crippen molar-refractivity contribution < 1.29 is 14.7 Å². The number of hydrogen-bond acceptors (Lipinski definition) is 4. The summed E-state index contributed by atoms with van der Waals surface area (Å²) in [5.41, 5.74) is 12.4. The molecule has 4 N–H and O–H groups in total. The van der Waals surface area contributed by atoms with Crippen molar-refractivity contribution in [2.45, 2.75) is 90.2 Å². The maximum Gasteiger partial charge on any atom is 0.250 e. The summed E-state index contributed by atoms with van der Waals surface area (Å²) >= 11 is 0. The zero-order valence-electron chi connectivity index (χ0n) is 19.7. The van der Waals surface area contributed by atoms with Gasteiger partial charge in [0, 0.05) is 40.8 Å². The number of carbonyl (C=O) groups is 2. The molecule has 0 radical (unpaired) electrons. The summed E-state index contributed by atoms with van der Waals surface area (Å²) in [6.45, 7) is 4.34. The van der Waals surface area contributed by atoms with E-state index in [0.29, 0.717) is 12.0 Å². The van der Waals surface area contributed by atoms with Crippen molar-refractivity contribution in [2.75, 3.05) is 5.32 Å². The molecule has 176 valence electrons. The van der Waals surface area contributed by atoms with Gasteiger partial charge in [0.25, 0.3) is 5.91 Å². The predicted molar refractivity (Wildman–Crippen MR) is 129 cm³/mol. The Morgan fingerprint density at radius 1 is 1.09 bits per heavy atom. The maximum atomic E-state index is 13.2. The highest BCUT2D eigenvalue weighted by atomic mass is 16.3. The third-order valence-electron chi connectivity index (χ3n) is 7.72. The van der Waals surface area contributed by atoms with Crippen LogP contribution >= 0.6 is 0 Å². The molecule has 1 heterocycles. The molecule has 0 atom stereocenters. The van der Waals surface area contributed by atoms with Crippen molar-refractivity contribution in [3.63, 3.8) is 0 Å². The van der Waals surface area contributed by atoms with E-state index in [1.165, 1.54) is 11.3 Å². The van der Waals surface area contributed by atoms with Crippen molar-refractivity contribution in [2.24, 2.45) is 11.1 Å². The van der Waals surface area contributed by atoms with Crippen molar-refractivity contribution in [3.05, 3.63) is 46.3 Å².